The van der Waals surface area contributed by atoms with Crippen LogP contribution in [0.4, 0.5) is 0 Å². The molecule has 24 heavy (non-hydrogen) atoms. The Morgan fingerprint density at radius 1 is 1.21 bits per heavy atom. The van der Waals surface area contributed by atoms with Gasteiger partial charge in [-0.15, -0.1) is 0 Å². The van der Waals surface area contributed by atoms with E-state index >= 15 is 0 Å². The van der Waals surface area contributed by atoms with Crippen molar-refractivity contribution in [3.8, 4) is 0 Å². The van der Waals surface area contributed by atoms with E-state index in [0.717, 1.165) is 31.5 Å². The molecule has 2 fully saturated rings. The van der Waals surface area contributed by atoms with Gasteiger partial charge in [-0.3, -0.25) is 4.79 Å². The molecule has 2 saturated heterocycles. The molecule has 0 aromatic heterocycles. The Labute approximate surface area is 153 Å². The van der Waals surface area contributed by atoms with Crippen molar-refractivity contribution in [2.45, 2.75) is 25.9 Å². The number of hydrogen-bond donors (Lipinski definition) is 0. The Morgan fingerprint density at radius 2 is 1.92 bits per heavy atom. The molecule has 2 aliphatic rings. The number of amides is 1. The molecule has 1 atom stereocenters. The van der Waals surface area contributed by atoms with Crippen molar-refractivity contribution in [1.82, 2.24) is 9.80 Å². The first-order chi connectivity index (χ1) is 11.4. The summed E-state index contributed by atoms with van der Waals surface area (Å²) in [6.45, 7) is 5.83. The van der Waals surface area contributed by atoms with E-state index in [0.29, 0.717) is 29.7 Å². The molecule has 0 spiro atoms. The first-order valence-corrected chi connectivity index (χ1v) is 9.19. The molecule has 0 saturated carbocycles. The van der Waals surface area contributed by atoms with E-state index in [2.05, 4.69) is 18.9 Å². The van der Waals surface area contributed by atoms with Gasteiger partial charge < -0.3 is 14.5 Å². The summed E-state index contributed by atoms with van der Waals surface area (Å²) in [4.78, 5) is 17.3. The third kappa shape index (κ3) is 3.72. The average Bonchev–Trinajstić information content (AvgIpc) is 2.59. The van der Waals surface area contributed by atoms with Gasteiger partial charge in [-0.1, -0.05) is 36.2 Å². The van der Waals surface area contributed by atoms with Crippen molar-refractivity contribution in [3.05, 3.63) is 33.8 Å². The molecule has 2 heterocycles. The molecular weight excluding hydrogens is 347 g/mol. The summed E-state index contributed by atoms with van der Waals surface area (Å²) in [7, 11) is 2.11. The second-order valence-electron chi connectivity index (χ2n) is 7.15. The normalized spacial score (nSPS) is 24.8. The molecule has 2 aliphatic heterocycles. The smallest absolute Gasteiger partial charge is 0.228 e. The summed E-state index contributed by atoms with van der Waals surface area (Å²) in [5, 5.41) is 1.05. The van der Waals surface area contributed by atoms with Gasteiger partial charge >= 0.3 is 0 Å². The van der Waals surface area contributed by atoms with Crippen molar-refractivity contribution in [1.29, 1.82) is 0 Å². The maximum absolute atomic E-state index is 13.1. The molecule has 1 aromatic carbocycles. The largest absolute Gasteiger partial charge is 0.370 e. The van der Waals surface area contributed by atoms with Crippen LogP contribution in [0.25, 0.3) is 0 Å². The predicted molar refractivity (Wildman–Crippen MR) is 96.6 cm³/mol. The molecule has 1 amide bonds. The predicted octanol–water partition coefficient (Wildman–Crippen LogP) is 3.63. The minimum atomic E-state index is -0.258. The fraction of sp³-hybridized carbons (Fsp3) is 0.611. The van der Waals surface area contributed by atoms with Crippen LogP contribution in [0.5, 0.6) is 0 Å². The van der Waals surface area contributed by atoms with Crippen LogP contribution < -0.4 is 0 Å². The lowest BCUT2D eigenvalue weighted by molar-refractivity contribution is -0.151. The Kier molecular flexibility index (Phi) is 5.40. The zero-order valence-electron chi connectivity index (χ0n) is 14.2. The number of ether oxygens (including phenoxy) is 1. The standard InChI is InChI=1S/C18H24Cl2N2O2/c1-18(5-7-21(2)8-6-18)17(23)22-9-10-24-16(12-22)13-3-4-14(19)15(20)11-13/h3-4,11,16H,5-10,12H2,1-2H3/t16-/m0/s1. The maximum atomic E-state index is 13.1. The first kappa shape index (κ1) is 18.0. The van der Waals surface area contributed by atoms with E-state index in [1.165, 1.54) is 0 Å². The highest BCUT2D eigenvalue weighted by atomic mass is 35.5. The second-order valence-corrected chi connectivity index (χ2v) is 7.96. The molecule has 4 nitrogen and oxygen atoms in total. The van der Waals surface area contributed by atoms with E-state index in [1.54, 1.807) is 6.07 Å². The fourth-order valence-corrected chi connectivity index (χ4v) is 3.76. The molecule has 0 aliphatic carbocycles. The zero-order valence-corrected chi connectivity index (χ0v) is 15.7. The molecule has 6 heteroatoms. The number of nitrogens with zero attached hydrogens (tertiary/aromatic N) is 2. The number of carbonyl (C=O) groups is 1. The summed E-state index contributed by atoms with van der Waals surface area (Å²) in [6, 6.07) is 5.53. The third-order valence-corrected chi connectivity index (χ3v) is 6.02. The van der Waals surface area contributed by atoms with Crippen LogP contribution in [0.1, 0.15) is 31.4 Å². The van der Waals surface area contributed by atoms with Gasteiger partial charge in [0.25, 0.3) is 0 Å². The highest BCUT2D eigenvalue weighted by Crippen LogP contribution is 2.35. The van der Waals surface area contributed by atoms with Crippen molar-refractivity contribution in [2.75, 3.05) is 39.8 Å². The van der Waals surface area contributed by atoms with Crippen molar-refractivity contribution in [3.63, 3.8) is 0 Å². The topological polar surface area (TPSA) is 32.8 Å². The lowest BCUT2D eigenvalue weighted by Gasteiger charge is -2.42. The van der Waals surface area contributed by atoms with Crippen molar-refractivity contribution < 1.29 is 9.53 Å². The van der Waals surface area contributed by atoms with Gasteiger partial charge in [0, 0.05) is 12.0 Å². The van der Waals surface area contributed by atoms with Gasteiger partial charge in [-0.25, -0.2) is 0 Å². The van der Waals surface area contributed by atoms with E-state index in [9.17, 15) is 4.79 Å². The van der Waals surface area contributed by atoms with Crippen molar-refractivity contribution in [2.24, 2.45) is 5.41 Å². The lowest BCUT2D eigenvalue weighted by atomic mass is 9.79. The minimum Gasteiger partial charge on any atom is -0.370 e. The van der Waals surface area contributed by atoms with Crippen molar-refractivity contribution >= 4 is 29.1 Å². The van der Waals surface area contributed by atoms with E-state index in [-0.39, 0.29) is 17.4 Å². The van der Waals surface area contributed by atoms with Gasteiger partial charge in [0.2, 0.25) is 5.91 Å². The lowest BCUT2D eigenvalue weighted by Crippen LogP contribution is -2.51. The van der Waals surface area contributed by atoms with E-state index < -0.39 is 0 Å². The van der Waals surface area contributed by atoms with Crippen LogP contribution in [-0.4, -0.2) is 55.5 Å². The SMILES string of the molecule is CN1CCC(C)(C(=O)N2CCO[C@H](c3ccc(Cl)c(Cl)c3)C2)CC1. The quantitative estimate of drug-likeness (QED) is 0.796. The first-order valence-electron chi connectivity index (χ1n) is 8.43. The molecule has 0 radical (unpaired) electrons. The molecule has 0 N–H and O–H groups in total. The number of halogens is 2. The van der Waals surface area contributed by atoms with Gasteiger partial charge in [0.1, 0.15) is 6.10 Å². The molecule has 1 aromatic rings. The number of rotatable bonds is 2. The summed E-state index contributed by atoms with van der Waals surface area (Å²) >= 11 is 12.1. The Balaban J connectivity index is 1.71. The molecule has 3 rings (SSSR count). The van der Waals surface area contributed by atoms with E-state index in [4.69, 9.17) is 27.9 Å². The summed E-state index contributed by atoms with van der Waals surface area (Å²) in [5.74, 6) is 0.254. The van der Waals surface area contributed by atoms with Crippen LogP contribution in [0.3, 0.4) is 0 Å². The van der Waals surface area contributed by atoms with Gasteiger partial charge in [0.05, 0.1) is 23.2 Å². The Morgan fingerprint density at radius 3 is 2.58 bits per heavy atom. The summed E-state index contributed by atoms with van der Waals surface area (Å²) < 4.78 is 5.87. The van der Waals surface area contributed by atoms with Crippen LogP contribution in [0.15, 0.2) is 18.2 Å². The number of hydrogen-bond acceptors (Lipinski definition) is 3. The third-order valence-electron chi connectivity index (χ3n) is 5.28. The van der Waals surface area contributed by atoms with Gasteiger partial charge in [-0.05, 0) is 50.7 Å². The number of benzene rings is 1. The highest BCUT2D eigenvalue weighted by Gasteiger charge is 2.40. The Bertz CT molecular complexity index is 615. The van der Waals surface area contributed by atoms with Crippen LogP contribution in [-0.2, 0) is 9.53 Å². The monoisotopic (exact) mass is 370 g/mol. The molecule has 0 bridgehead atoms. The van der Waals surface area contributed by atoms with Gasteiger partial charge in [0.15, 0.2) is 0 Å². The number of morpholine rings is 1. The average molecular weight is 371 g/mol. The van der Waals surface area contributed by atoms with Gasteiger partial charge in [-0.2, -0.15) is 0 Å². The molecular formula is C18H24Cl2N2O2. The molecule has 0 unspecified atom stereocenters. The zero-order chi connectivity index (χ0) is 17.3. The maximum Gasteiger partial charge on any atom is 0.228 e. The second kappa shape index (κ2) is 7.20. The molecule has 132 valence electrons. The highest BCUT2D eigenvalue weighted by molar-refractivity contribution is 6.42. The summed E-state index contributed by atoms with van der Waals surface area (Å²) in [6.07, 6.45) is 1.68. The van der Waals surface area contributed by atoms with Crippen LogP contribution >= 0.6 is 23.2 Å². The number of likely N-dealkylation sites (tertiary alicyclic amines) is 1. The number of piperidine rings is 1. The van der Waals surface area contributed by atoms with Crippen LogP contribution in [0.2, 0.25) is 10.0 Å². The minimum absolute atomic E-state index is 0.146. The van der Waals surface area contributed by atoms with Crippen LogP contribution in [0, 0.1) is 5.41 Å². The number of carbonyl (C=O) groups excluding carboxylic acids is 1. The van der Waals surface area contributed by atoms with E-state index in [1.807, 2.05) is 17.0 Å². The Hall–Kier alpha value is -0.810. The fourth-order valence-electron chi connectivity index (χ4n) is 3.46. The summed E-state index contributed by atoms with van der Waals surface area (Å²) in [5.41, 5.74) is 0.710.